The zero-order valence-electron chi connectivity index (χ0n) is 16.8. The fourth-order valence-corrected chi connectivity index (χ4v) is 3.46. The first-order valence-electron chi connectivity index (χ1n) is 9.73. The van der Waals surface area contributed by atoms with E-state index >= 15 is 0 Å². The molecule has 0 aliphatic carbocycles. The number of carbonyl (C=O) groups is 2. The van der Waals surface area contributed by atoms with Crippen molar-refractivity contribution in [1.29, 1.82) is 0 Å². The van der Waals surface area contributed by atoms with Crippen molar-refractivity contribution in [2.75, 3.05) is 33.4 Å². The summed E-state index contributed by atoms with van der Waals surface area (Å²) in [5.74, 6) is 0.103. The van der Waals surface area contributed by atoms with Crippen LogP contribution in [0.4, 0.5) is 0 Å². The molecule has 1 fully saturated rings. The number of methoxy groups -OCH3 is 1. The van der Waals surface area contributed by atoms with Crippen LogP contribution in [0, 0.1) is 0 Å². The number of nitrogens with one attached hydrogen (secondary N) is 1. The Hall–Kier alpha value is -3.06. The molecule has 2 aromatic rings. The second kappa shape index (κ2) is 9.43. The van der Waals surface area contributed by atoms with Gasteiger partial charge in [0.05, 0.1) is 13.2 Å². The van der Waals surface area contributed by atoms with Crippen LogP contribution in [0.2, 0.25) is 0 Å². The average Bonchev–Trinajstić information content (AvgIpc) is 2.77. The predicted octanol–water partition coefficient (Wildman–Crippen LogP) is 1.91. The zero-order chi connectivity index (χ0) is 20.8. The largest absolute Gasteiger partial charge is 0.493 e. The molecular weight excluding hydrogens is 370 g/mol. The Morgan fingerprint density at radius 2 is 1.93 bits per heavy atom. The minimum Gasteiger partial charge on any atom is -0.493 e. The summed E-state index contributed by atoms with van der Waals surface area (Å²) in [5.41, 5.74) is 8.01. The number of primary amides is 1. The molecule has 0 aromatic heterocycles. The summed E-state index contributed by atoms with van der Waals surface area (Å²) in [6.07, 6.45) is 0.982. The summed E-state index contributed by atoms with van der Waals surface area (Å²) in [6, 6.07) is 13.3. The summed E-state index contributed by atoms with van der Waals surface area (Å²) in [5, 5.41) is 3.37. The standard InChI is InChI=1S/C22H27N3O4/c1-3-15-4-6-16(7-5-15)18-13-24-10-11-25(18)22(27)17-8-9-19(20(12-17)28-2)29-14-21(23)26/h4-9,12,18,24H,3,10-11,13-14H2,1-2H3,(H2,23,26). The third kappa shape index (κ3) is 4.86. The second-order valence-electron chi connectivity index (χ2n) is 6.93. The molecule has 1 heterocycles. The maximum Gasteiger partial charge on any atom is 0.255 e. The first kappa shape index (κ1) is 20.7. The van der Waals surface area contributed by atoms with Crippen molar-refractivity contribution in [2.24, 2.45) is 5.73 Å². The number of ether oxygens (including phenoxy) is 2. The smallest absolute Gasteiger partial charge is 0.255 e. The quantitative estimate of drug-likeness (QED) is 0.744. The highest BCUT2D eigenvalue weighted by Crippen LogP contribution is 2.30. The van der Waals surface area contributed by atoms with E-state index in [0.717, 1.165) is 18.5 Å². The minimum atomic E-state index is -0.579. The molecule has 1 atom stereocenters. The van der Waals surface area contributed by atoms with Gasteiger partial charge in [-0.3, -0.25) is 9.59 Å². The van der Waals surface area contributed by atoms with Gasteiger partial charge >= 0.3 is 0 Å². The monoisotopic (exact) mass is 397 g/mol. The Kier molecular flexibility index (Phi) is 6.72. The van der Waals surface area contributed by atoms with E-state index in [9.17, 15) is 9.59 Å². The highest BCUT2D eigenvalue weighted by molar-refractivity contribution is 5.95. The van der Waals surface area contributed by atoms with Gasteiger partial charge < -0.3 is 25.4 Å². The van der Waals surface area contributed by atoms with Crippen LogP contribution in [0.1, 0.15) is 34.5 Å². The molecule has 1 aliphatic rings. The molecule has 2 amide bonds. The molecule has 1 aliphatic heterocycles. The third-order valence-electron chi connectivity index (χ3n) is 5.06. The van der Waals surface area contributed by atoms with Crippen molar-refractivity contribution < 1.29 is 19.1 Å². The lowest BCUT2D eigenvalue weighted by Gasteiger charge is -2.36. The van der Waals surface area contributed by atoms with Crippen molar-refractivity contribution in [1.82, 2.24) is 10.2 Å². The fourth-order valence-electron chi connectivity index (χ4n) is 3.46. The van der Waals surface area contributed by atoms with Crippen molar-refractivity contribution in [3.63, 3.8) is 0 Å². The molecule has 3 N–H and O–H groups in total. The van der Waals surface area contributed by atoms with Crippen LogP contribution in [0.25, 0.3) is 0 Å². The molecule has 7 heteroatoms. The molecule has 29 heavy (non-hydrogen) atoms. The van der Waals surface area contributed by atoms with E-state index in [1.54, 1.807) is 18.2 Å². The van der Waals surface area contributed by atoms with E-state index in [0.29, 0.717) is 30.2 Å². The van der Waals surface area contributed by atoms with Crippen LogP contribution in [-0.4, -0.2) is 50.1 Å². The molecule has 3 rings (SSSR count). The van der Waals surface area contributed by atoms with Crippen LogP contribution >= 0.6 is 0 Å². The lowest BCUT2D eigenvalue weighted by Crippen LogP contribution is -2.48. The van der Waals surface area contributed by atoms with Gasteiger partial charge in [0.25, 0.3) is 11.8 Å². The molecule has 1 unspecified atom stereocenters. The second-order valence-corrected chi connectivity index (χ2v) is 6.93. The van der Waals surface area contributed by atoms with Gasteiger partial charge in [0.2, 0.25) is 0 Å². The predicted molar refractivity (Wildman–Crippen MR) is 110 cm³/mol. The molecule has 1 saturated heterocycles. The van der Waals surface area contributed by atoms with Crippen LogP contribution in [0.15, 0.2) is 42.5 Å². The highest BCUT2D eigenvalue weighted by Gasteiger charge is 2.29. The Labute approximate surface area is 170 Å². The highest BCUT2D eigenvalue weighted by atomic mass is 16.5. The van der Waals surface area contributed by atoms with Gasteiger partial charge in [-0.2, -0.15) is 0 Å². The van der Waals surface area contributed by atoms with Gasteiger partial charge in [0.1, 0.15) is 0 Å². The lowest BCUT2D eigenvalue weighted by atomic mass is 10.00. The zero-order valence-corrected chi connectivity index (χ0v) is 16.8. The number of hydrogen-bond acceptors (Lipinski definition) is 5. The van der Waals surface area contributed by atoms with Crippen molar-refractivity contribution >= 4 is 11.8 Å². The van der Waals surface area contributed by atoms with E-state index in [4.69, 9.17) is 15.2 Å². The number of amides is 2. The van der Waals surface area contributed by atoms with Crippen molar-refractivity contribution in [3.05, 3.63) is 59.2 Å². The number of rotatable bonds is 7. The molecule has 0 radical (unpaired) electrons. The molecule has 0 bridgehead atoms. The van der Waals surface area contributed by atoms with Crippen molar-refractivity contribution in [2.45, 2.75) is 19.4 Å². The van der Waals surface area contributed by atoms with Crippen LogP contribution < -0.4 is 20.5 Å². The molecule has 0 spiro atoms. The Morgan fingerprint density at radius 3 is 2.59 bits per heavy atom. The van der Waals surface area contributed by atoms with Crippen molar-refractivity contribution in [3.8, 4) is 11.5 Å². The van der Waals surface area contributed by atoms with E-state index in [1.807, 2.05) is 4.90 Å². The molecule has 7 nitrogen and oxygen atoms in total. The van der Waals surface area contributed by atoms with Gasteiger partial charge in [-0.15, -0.1) is 0 Å². The Balaban J connectivity index is 1.83. The number of carbonyl (C=O) groups excluding carboxylic acids is 2. The number of benzene rings is 2. The number of nitrogens with zero attached hydrogens (tertiary/aromatic N) is 1. The van der Waals surface area contributed by atoms with Crippen LogP contribution in [0.3, 0.4) is 0 Å². The van der Waals surface area contributed by atoms with Crippen LogP contribution in [-0.2, 0) is 11.2 Å². The first-order valence-corrected chi connectivity index (χ1v) is 9.73. The number of aryl methyl sites for hydroxylation is 1. The maximum absolute atomic E-state index is 13.3. The number of nitrogens with two attached hydrogens (primary N) is 1. The fraction of sp³-hybridized carbons (Fsp3) is 0.364. The summed E-state index contributed by atoms with van der Waals surface area (Å²) < 4.78 is 10.7. The van der Waals surface area contributed by atoms with Gasteiger partial charge in [-0.25, -0.2) is 0 Å². The van der Waals surface area contributed by atoms with Gasteiger partial charge in [0.15, 0.2) is 18.1 Å². The molecule has 154 valence electrons. The maximum atomic E-state index is 13.3. The van der Waals surface area contributed by atoms with Gasteiger partial charge in [0, 0.05) is 25.2 Å². The molecular formula is C22H27N3O4. The van der Waals surface area contributed by atoms with E-state index in [2.05, 4.69) is 36.5 Å². The van der Waals surface area contributed by atoms with E-state index in [-0.39, 0.29) is 18.6 Å². The Bertz CT molecular complexity index is 867. The summed E-state index contributed by atoms with van der Waals surface area (Å²) >= 11 is 0. The van der Waals surface area contributed by atoms with E-state index in [1.165, 1.54) is 12.7 Å². The molecule has 0 saturated carbocycles. The Morgan fingerprint density at radius 1 is 1.17 bits per heavy atom. The minimum absolute atomic E-state index is 0.0426. The average molecular weight is 397 g/mol. The molecule has 2 aromatic carbocycles. The SMILES string of the molecule is CCc1ccc(C2CNCCN2C(=O)c2ccc(OCC(N)=O)c(OC)c2)cc1. The topological polar surface area (TPSA) is 93.9 Å². The third-order valence-corrected chi connectivity index (χ3v) is 5.06. The summed E-state index contributed by atoms with van der Waals surface area (Å²) in [6.45, 7) is 3.93. The number of piperazine rings is 1. The lowest BCUT2D eigenvalue weighted by molar-refractivity contribution is -0.119. The summed E-state index contributed by atoms with van der Waals surface area (Å²) in [7, 11) is 1.49. The first-order chi connectivity index (χ1) is 14.0. The van der Waals surface area contributed by atoms with Gasteiger partial charge in [-0.1, -0.05) is 31.2 Å². The normalized spacial score (nSPS) is 16.3. The summed E-state index contributed by atoms with van der Waals surface area (Å²) in [4.78, 5) is 26.1. The van der Waals surface area contributed by atoms with E-state index < -0.39 is 5.91 Å². The van der Waals surface area contributed by atoms with Gasteiger partial charge in [-0.05, 0) is 35.7 Å². The number of hydrogen-bond donors (Lipinski definition) is 2. The van der Waals surface area contributed by atoms with Crippen LogP contribution in [0.5, 0.6) is 11.5 Å².